The molecule has 4 aromatic rings. The highest BCUT2D eigenvalue weighted by molar-refractivity contribution is 14.1. The molecule has 1 aromatic heterocycles. The minimum Gasteiger partial charge on any atom is -0.320 e. The standard InChI is InChI=1S/C20H11Br2IN2OS/c21-12-9-14(20-24-16-6-1-2-7-17(16)27-20)18(15(22)10-12)25-19(26)11-4-3-5-13(23)8-11/h1-10H,(H,25,26). The molecule has 0 atom stereocenters. The maximum Gasteiger partial charge on any atom is 0.255 e. The van der Waals surface area contributed by atoms with E-state index in [-0.39, 0.29) is 5.91 Å². The molecule has 0 fully saturated rings. The molecule has 0 bridgehead atoms. The first-order valence-electron chi connectivity index (χ1n) is 7.93. The predicted molar refractivity (Wildman–Crippen MR) is 128 cm³/mol. The molecule has 7 heteroatoms. The molecule has 27 heavy (non-hydrogen) atoms. The van der Waals surface area contributed by atoms with Crippen LogP contribution in [0.3, 0.4) is 0 Å². The Labute approximate surface area is 190 Å². The van der Waals surface area contributed by atoms with Crippen molar-refractivity contribution in [3.05, 3.63) is 78.7 Å². The van der Waals surface area contributed by atoms with Crippen LogP contribution in [0, 0.1) is 3.57 Å². The number of nitrogens with one attached hydrogen (secondary N) is 1. The average molecular weight is 614 g/mol. The van der Waals surface area contributed by atoms with Gasteiger partial charge in [0.1, 0.15) is 5.01 Å². The number of anilines is 1. The molecule has 0 spiro atoms. The fourth-order valence-corrected chi connectivity index (χ4v) is 5.53. The first-order valence-corrected chi connectivity index (χ1v) is 11.4. The molecular weight excluding hydrogens is 603 g/mol. The van der Waals surface area contributed by atoms with Crippen molar-refractivity contribution < 1.29 is 4.79 Å². The van der Waals surface area contributed by atoms with Crippen LogP contribution in [0.5, 0.6) is 0 Å². The third-order valence-electron chi connectivity index (χ3n) is 3.90. The number of amides is 1. The van der Waals surface area contributed by atoms with Crippen molar-refractivity contribution >= 4 is 87.6 Å². The van der Waals surface area contributed by atoms with E-state index in [2.05, 4.69) is 59.8 Å². The molecule has 3 aromatic carbocycles. The molecule has 1 heterocycles. The largest absolute Gasteiger partial charge is 0.320 e. The van der Waals surface area contributed by atoms with Crippen molar-refractivity contribution in [1.82, 2.24) is 4.98 Å². The van der Waals surface area contributed by atoms with Crippen LogP contribution in [-0.2, 0) is 0 Å². The molecule has 1 N–H and O–H groups in total. The van der Waals surface area contributed by atoms with Gasteiger partial charge in [-0.2, -0.15) is 0 Å². The van der Waals surface area contributed by atoms with Gasteiger partial charge in [-0.1, -0.05) is 34.1 Å². The molecule has 0 unspecified atom stereocenters. The normalized spacial score (nSPS) is 10.9. The Morgan fingerprint density at radius 3 is 2.63 bits per heavy atom. The summed E-state index contributed by atoms with van der Waals surface area (Å²) in [6.07, 6.45) is 0. The fraction of sp³-hybridized carbons (Fsp3) is 0. The summed E-state index contributed by atoms with van der Waals surface area (Å²) >= 11 is 10.9. The average Bonchev–Trinajstić information content (AvgIpc) is 3.07. The van der Waals surface area contributed by atoms with Gasteiger partial charge in [0.15, 0.2) is 0 Å². The Balaban J connectivity index is 1.79. The highest BCUT2D eigenvalue weighted by Crippen LogP contribution is 2.40. The van der Waals surface area contributed by atoms with Gasteiger partial charge in [0.25, 0.3) is 5.91 Å². The van der Waals surface area contributed by atoms with Gasteiger partial charge < -0.3 is 5.32 Å². The number of aromatic nitrogens is 1. The van der Waals surface area contributed by atoms with Crippen LogP contribution in [0.2, 0.25) is 0 Å². The second-order valence-corrected chi connectivity index (χ2v) is 9.81. The minimum atomic E-state index is -0.154. The molecule has 0 saturated heterocycles. The van der Waals surface area contributed by atoms with E-state index in [9.17, 15) is 4.79 Å². The number of benzene rings is 3. The van der Waals surface area contributed by atoms with E-state index in [1.165, 1.54) is 0 Å². The van der Waals surface area contributed by atoms with Crippen molar-refractivity contribution in [1.29, 1.82) is 0 Å². The molecule has 3 nitrogen and oxygen atoms in total. The van der Waals surface area contributed by atoms with Crippen LogP contribution in [0.4, 0.5) is 5.69 Å². The van der Waals surface area contributed by atoms with E-state index >= 15 is 0 Å². The zero-order valence-corrected chi connectivity index (χ0v) is 19.8. The molecular formula is C20H11Br2IN2OS. The van der Waals surface area contributed by atoms with Gasteiger partial charge in [0.2, 0.25) is 0 Å². The van der Waals surface area contributed by atoms with Crippen LogP contribution < -0.4 is 5.32 Å². The van der Waals surface area contributed by atoms with E-state index in [0.717, 1.165) is 33.3 Å². The number of carbonyl (C=O) groups is 1. The number of para-hydroxylation sites is 1. The Bertz CT molecular complexity index is 1140. The summed E-state index contributed by atoms with van der Waals surface area (Å²) in [5.74, 6) is -0.154. The Morgan fingerprint density at radius 2 is 1.85 bits per heavy atom. The number of fused-ring (bicyclic) bond motifs is 1. The predicted octanol–water partition coefficient (Wildman–Crippen LogP) is 7.35. The molecule has 4 rings (SSSR count). The quantitative estimate of drug-likeness (QED) is 0.246. The third-order valence-corrected chi connectivity index (χ3v) is 6.73. The lowest BCUT2D eigenvalue weighted by Crippen LogP contribution is -2.13. The first kappa shape index (κ1) is 19.0. The zero-order valence-electron chi connectivity index (χ0n) is 13.7. The lowest BCUT2D eigenvalue weighted by molar-refractivity contribution is 0.102. The number of hydrogen-bond donors (Lipinski definition) is 1. The molecule has 1 amide bonds. The maximum atomic E-state index is 12.8. The summed E-state index contributed by atoms with van der Waals surface area (Å²) in [6.45, 7) is 0. The van der Waals surface area contributed by atoms with Crippen LogP contribution >= 0.6 is 65.8 Å². The fourth-order valence-electron chi connectivity index (χ4n) is 2.67. The lowest BCUT2D eigenvalue weighted by atomic mass is 10.1. The number of thiazole rings is 1. The molecule has 134 valence electrons. The number of rotatable bonds is 3. The van der Waals surface area contributed by atoms with Gasteiger partial charge in [0, 0.05) is 23.6 Å². The van der Waals surface area contributed by atoms with Crippen LogP contribution in [-0.4, -0.2) is 10.9 Å². The van der Waals surface area contributed by atoms with E-state index in [1.54, 1.807) is 11.3 Å². The van der Waals surface area contributed by atoms with Crippen LogP contribution in [0.25, 0.3) is 20.8 Å². The Hall–Kier alpha value is -1.29. The SMILES string of the molecule is O=C(Nc1c(Br)cc(Br)cc1-c1nc2ccccc2s1)c1cccc(I)c1. The molecule has 0 radical (unpaired) electrons. The monoisotopic (exact) mass is 612 g/mol. The van der Waals surface area contributed by atoms with E-state index < -0.39 is 0 Å². The van der Waals surface area contributed by atoms with Gasteiger partial charge in [0.05, 0.1) is 15.9 Å². The molecule has 0 aliphatic rings. The van der Waals surface area contributed by atoms with Gasteiger partial charge in [-0.25, -0.2) is 4.98 Å². The summed E-state index contributed by atoms with van der Waals surface area (Å²) in [5.41, 5.74) is 3.15. The van der Waals surface area contributed by atoms with Crippen molar-refractivity contribution in [2.75, 3.05) is 5.32 Å². The minimum absolute atomic E-state index is 0.154. The summed E-state index contributed by atoms with van der Waals surface area (Å²) in [4.78, 5) is 17.5. The summed E-state index contributed by atoms with van der Waals surface area (Å²) in [7, 11) is 0. The number of hydrogen-bond acceptors (Lipinski definition) is 3. The second kappa shape index (κ2) is 7.98. The van der Waals surface area contributed by atoms with Gasteiger partial charge in [-0.15, -0.1) is 11.3 Å². The Morgan fingerprint density at radius 1 is 1.04 bits per heavy atom. The van der Waals surface area contributed by atoms with E-state index in [1.807, 2.05) is 60.7 Å². The van der Waals surface area contributed by atoms with Crippen LogP contribution in [0.15, 0.2) is 69.6 Å². The molecule has 0 saturated carbocycles. The van der Waals surface area contributed by atoms with Crippen LogP contribution in [0.1, 0.15) is 10.4 Å². The van der Waals surface area contributed by atoms with Crippen molar-refractivity contribution in [2.45, 2.75) is 0 Å². The number of nitrogens with zero attached hydrogens (tertiary/aromatic N) is 1. The van der Waals surface area contributed by atoms with Crippen molar-refractivity contribution in [3.8, 4) is 10.6 Å². The van der Waals surface area contributed by atoms with Crippen molar-refractivity contribution in [2.24, 2.45) is 0 Å². The van der Waals surface area contributed by atoms with Gasteiger partial charge >= 0.3 is 0 Å². The van der Waals surface area contributed by atoms with Gasteiger partial charge in [-0.3, -0.25) is 4.79 Å². The van der Waals surface area contributed by atoms with E-state index in [4.69, 9.17) is 4.98 Å². The van der Waals surface area contributed by atoms with E-state index in [0.29, 0.717) is 11.3 Å². The molecule has 0 aliphatic heterocycles. The Kier molecular flexibility index (Phi) is 5.63. The zero-order chi connectivity index (χ0) is 19.0. The summed E-state index contributed by atoms with van der Waals surface area (Å²) in [6, 6.07) is 19.4. The first-order chi connectivity index (χ1) is 13.0. The third kappa shape index (κ3) is 4.11. The smallest absolute Gasteiger partial charge is 0.255 e. The topological polar surface area (TPSA) is 42.0 Å². The lowest BCUT2D eigenvalue weighted by Gasteiger charge is -2.13. The maximum absolute atomic E-state index is 12.8. The highest BCUT2D eigenvalue weighted by atomic mass is 127. The van der Waals surface area contributed by atoms with Gasteiger partial charge in [-0.05, 0) is 81.0 Å². The number of halogens is 3. The molecule has 0 aliphatic carbocycles. The summed E-state index contributed by atoms with van der Waals surface area (Å²) < 4.78 is 3.83. The number of carbonyl (C=O) groups excluding carboxylic acids is 1. The summed E-state index contributed by atoms with van der Waals surface area (Å²) in [5, 5.41) is 3.91. The second-order valence-electron chi connectivity index (χ2n) is 5.76. The highest BCUT2D eigenvalue weighted by Gasteiger charge is 2.17. The van der Waals surface area contributed by atoms with Crippen molar-refractivity contribution in [3.63, 3.8) is 0 Å².